The summed E-state index contributed by atoms with van der Waals surface area (Å²) in [7, 11) is 2.04. The summed E-state index contributed by atoms with van der Waals surface area (Å²) in [5, 5.41) is 3.46. The first-order valence-electron chi connectivity index (χ1n) is 7.17. The molecule has 0 radical (unpaired) electrons. The van der Waals surface area contributed by atoms with Crippen molar-refractivity contribution >= 4 is 11.3 Å². The number of hydrogen-bond acceptors (Lipinski definition) is 2. The molecule has 0 spiro atoms. The van der Waals surface area contributed by atoms with Gasteiger partial charge in [-0.1, -0.05) is 50.1 Å². The minimum atomic E-state index is 0.226. The summed E-state index contributed by atoms with van der Waals surface area (Å²) < 4.78 is 0. The van der Waals surface area contributed by atoms with Gasteiger partial charge < -0.3 is 5.32 Å². The highest BCUT2D eigenvalue weighted by Gasteiger charge is 2.20. The van der Waals surface area contributed by atoms with Crippen LogP contribution in [0.4, 0.5) is 0 Å². The molecule has 1 aromatic heterocycles. The number of nitrogens with one attached hydrogen (secondary N) is 1. The maximum Gasteiger partial charge on any atom is 0.0668 e. The summed E-state index contributed by atoms with van der Waals surface area (Å²) in [5.41, 5.74) is 4.23. The molecule has 2 heteroatoms. The van der Waals surface area contributed by atoms with E-state index in [0.29, 0.717) is 0 Å². The molecule has 2 aromatic rings. The highest BCUT2D eigenvalue weighted by Crippen LogP contribution is 2.34. The minimum Gasteiger partial charge on any atom is -0.309 e. The Morgan fingerprint density at radius 2 is 1.60 bits per heavy atom. The molecule has 0 saturated heterocycles. The van der Waals surface area contributed by atoms with E-state index in [4.69, 9.17) is 0 Å². The monoisotopic (exact) mass is 287 g/mol. The first-order chi connectivity index (χ1) is 9.31. The topological polar surface area (TPSA) is 12.0 Å². The number of thiophene rings is 1. The van der Waals surface area contributed by atoms with Crippen molar-refractivity contribution in [3.63, 3.8) is 0 Å². The van der Waals surface area contributed by atoms with E-state index in [2.05, 4.69) is 70.3 Å². The molecule has 0 saturated carbocycles. The lowest BCUT2D eigenvalue weighted by Crippen LogP contribution is -2.16. The van der Waals surface area contributed by atoms with Crippen molar-refractivity contribution in [1.29, 1.82) is 0 Å². The van der Waals surface area contributed by atoms with Crippen molar-refractivity contribution in [2.45, 2.75) is 46.1 Å². The largest absolute Gasteiger partial charge is 0.309 e. The van der Waals surface area contributed by atoms with E-state index in [1.165, 1.54) is 26.4 Å². The van der Waals surface area contributed by atoms with Gasteiger partial charge in [-0.3, -0.25) is 0 Å². The number of hydrogen-bond donors (Lipinski definition) is 1. The zero-order valence-electron chi connectivity index (χ0n) is 13.4. The standard InChI is InChI=1S/C18H25NS/c1-12-9-13(2)11-14(10-12)17(19-6)15-7-8-16(20-15)18(3,4)5/h7-11,17,19H,1-6H3. The third-order valence-electron chi connectivity index (χ3n) is 3.52. The van der Waals surface area contributed by atoms with E-state index in [0.717, 1.165) is 0 Å². The lowest BCUT2D eigenvalue weighted by molar-refractivity contribution is 0.604. The summed E-state index contributed by atoms with van der Waals surface area (Å²) in [6.45, 7) is 11.1. The van der Waals surface area contributed by atoms with Crippen LogP contribution < -0.4 is 5.32 Å². The molecule has 1 N–H and O–H groups in total. The second-order valence-corrected chi connectivity index (χ2v) is 7.71. The molecule has 0 fully saturated rings. The van der Waals surface area contributed by atoms with Crippen LogP contribution >= 0.6 is 11.3 Å². The van der Waals surface area contributed by atoms with Gasteiger partial charge in [-0.05, 0) is 44.0 Å². The fourth-order valence-corrected chi connectivity index (χ4v) is 3.76. The van der Waals surface area contributed by atoms with Crippen LogP contribution in [0, 0.1) is 13.8 Å². The van der Waals surface area contributed by atoms with E-state index in [1.54, 1.807) is 0 Å². The Hall–Kier alpha value is -1.12. The number of rotatable bonds is 3. The summed E-state index contributed by atoms with van der Waals surface area (Å²) >= 11 is 1.92. The van der Waals surface area contributed by atoms with Gasteiger partial charge in [0.2, 0.25) is 0 Å². The summed E-state index contributed by atoms with van der Waals surface area (Å²) in [5.74, 6) is 0. The molecular formula is C18H25NS. The van der Waals surface area contributed by atoms with Crippen molar-refractivity contribution in [3.8, 4) is 0 Å². The maximum atomic E-state index is 3.46. The normalized spacial score (nSPS) is 13.5. The average molecular weight is 287 g/mol. The van der Waals surface area contributed by atoms with E-state index >= 15 is 0 Å². The van der Waals surface area contributed by atoms with Crippen molar-refractivity contribution < 1.29 is 0 Å². The Bertz CT molecular complexity index is 569. The van der Waals surface area contributed by atoms with Gasteiger partial charge in [0.1, 0.15) is 0 Å². The molecule has 1 aromatic carbocycles. The fourth-order valence-electron chi connectivity index (χ4n) is 2.56. The lowest BCUT2D eigenvalue weighted by atomic mass is 9.95. The van der Waals surface area contributed by atoms with Crippen molar-refractivity contribution in [2.75, 3.05) is 7.05 Å². The Morgan fingerprint density at radius 1 is 1.00 bits per heavy atom. The molecule has 1 atom stereocenters. The quantitative estimate of drug-likeness (QED) is 0.840. The van der Waals surface area contributed by atoms with E-state index in [1.807, 2.05) is 18.4 Å². The summed E-state index contributed by atoms with van der Waals surface area (Å²) in [6.07, 6.45) is 0. The molecule has 0 aliphatic rings. The first-order valence-corrected chi connectivity index (χ1v) is 7.98. The first kappa shape index (κ1) is 15.3. The van der Waals surface area contributed by atoms with Crippen molar-refractivity contribution in [1.82, 2.24) is 5.32 Å². The van der Waals surface area contributed by atoms with Crippen molar-refractivity contribution in [2.24, 2.45) is 0 Å². The zero-order chi connectivity index (χ0) is 14.9. The van der Waals surface area contributed by atoms with E-state index in [9.17, 15) is 0 Å². The predicted octanol–water partition coefficient (Wildman–Crippen LogP) is 4.97. The smallest absolute Gasteiger partial charge is 0.0668 e. The number of benzene rings is 1. The molecule has 0 bridgehead atoms. The molecule has 20 heavy (non-hydrogen) atoms. The molecule has 0 amide bonds. The summed E-state index contributed by atoms with van der Waals surface area (Å²) in [6, 6.07) is 11.6. The van der Waals surface area contributed by atoms with Crippen LogP contribution in [0.5, 0.6) is 0 Å². The van der Waals surface area contributed by atoms with Crippen LogP contribution in [0.2, 0.25) is 0 Å². The van der Waals surface area contributed by atoms with Gasteiger partial charge in [-0.15, -0.1) is 11.3 Å². The van der Waals surface area contributed by atoms with E-state index < -0.39 is 0 Å². The van der Waals surface area contributed by atoms with Gasteiger partial charge in [0.25, 0.3) is 0 Å². The third-order valence-corrected chi connectivity index (χ3v) is 5.09. The van der Waals surface area contributed by atoms with Gasteiger partial charge in [-0.2, -0.15) is 0 Å². The molecule has 1 nitrogen and oxygen atoms in total. The maximum absolute atomic E-state index is 3.46. The van der Waals surface area contributed by atoms with Crippen LogP contribution in [-0.2, 0) is 5.41 Å². The van der Waals surface area contributed by atoms with Gasteiger partial charge in [0.15, 0.2) is 0 Å². The molecule has 0 aliphatic carbocycles. The number of aryl methyl sites for hydroxylation is 2. The second-order valence-electron chi connectivity index (χ2n) is 6.59. The van der Waals surface area contributed by atoms with Gasteiger partial charge in [-0.25, -0.2) is 0 Å². The Morgan fingerprint density at radius 3 is 2.05 bits per heavy atom. The fraction of sp³-hybridized carbons (Fsp3) is 0.444. The summed E-state index contributed by atoms with van der Waals surface area (Å²) in [4.78, 5) is 2.83. The Labute approximate surface area is 127 Å². The second kappa shape index (κ2) is 5.71. The van der Waals surface area contributed by atoms with Crippen LogP contribution in [0.25, 0.3) is 0 Å². The SMILES string of the molecule is CNC(c1cc(C)cc(C)c1)c1ccc(C(C)(C)C)s1. The minimum absolute atomic E-state index is 0.226. The Kier molecular flexibility index (Phi) is 4.36. The molecule has 0 aliphatic heterocycles. The van der Waals surface area contributed by atoms with Gasteiger partial charge in [0.05, 0.1) is 6.04 Å². The van der Waals surface area contributed by atoms with Crippen LogP contribution in [0.1, 0.15) is 53.3 Å². The lowest BCUT2D eigenvalue weighted by Gasteiger charge is -2.18. The third kappa shape index (κ3) is 3.31. The predicted molar refractivity (Wildman–Crippen MR) is 89.8 cm³/mol. The van der Waals surface area contributed by atoms with Gasteiger partial charge >= 0.3 is 0 Å². The molecule has 2 rings (SSSR count). The molecule has 1 unspecified atom stereocenters. The highest BCUT2D eigenvalue weighted by molar-refractivity contribution is 7.12. The van der Waals surface area contributed by atoms with Gasteiger partial charge in [0, 0.05) is 9.75 Å². The Balaban J connectivity index is 2.39. The van der Waals surface area contributed by atoms with Crippen LogP contribution in [0.3, 0.4) is 0 Å². The van der Waals surface area contributed by atoms with Crippen molar-refractivity contribution in [3.05, 3.63) is 56.8 Å². The zero-order valence-corrected chi connectivity index (χ0v) is 14.2. The molecular weight excluding hydrogens is 262 g/mol. The highest BCUT2D eigenvalue weighted by atomic mass is 32.1. The van der Waals surface area contributed by atoms with Crippen LogP contribution in [-0.4, -0.2) is 7.05 Å². The average Bonchev–Trinajstić information content (AvgIpc) is 2.77. The molecule has 108 valence electrons. The molecule has 1 heterocycles. The van der Waals surface area contributed by atoms with E-state index in [-0.39, 0.29) is 11.5 Å². The van der Waals surface area contributed by atoms with Crippen LogP contribution in [0.15, 0.2) is 30.3 Å².